The van der Waals surface area contributed by atoms with Crippen LogP contribution in [0.2, 0.25) is 0 Å². The Morgan fingerprint density at radius 2 is 1.52 bits per heavy atom. The summed E-state index contributed by atoms with van der Waals surface area (Å²) in [4.78, 5) is 48.9. The predicted octanol–water partition coefficient (Wildman–Crippen LogP) is 1.92. The molecule has 0 heterocycles. The van der Waals surface area contributed by atoms with Crippen LogP contribution in [0, 0.1) is 5.92 Å². The van der Waals surface area contributed by atoms with Crippen molar-refractivity contribution >= 4 is 23.6 Å². The molecule has 0 radical (unpaired) electrons. The molecule has 0 saturated carbocycles. The lowest BCUT2D eigenvalue weighted by Crippen LogP contribution is -2.58. The highest BCUT2D eigenvalue weighted by molar-refractivity contribution is 6.35. The molecule has 4 atom stereocenters. The Balaban J connectivity index is 3.16. The number of nitrogens with one attached hydrogen (secondary N) is 3. The average molecular weight is 470 g/mol. The molecule has 0 aliphatic rings. The number of hydrogen-bond acceptors (Lipinski definition) is 5. The van der Waals surface area contributed by atoms with Crippen LogP contribution < -0.4 is 16.0 Å². The molecule has 0 aliphatic carbocycles. The first-order valence-corrected chi connectivity index (χ1v) is 10.9. The van der Waals surface area contributed by atoms with Gasteiger partial charge in [0.1, 0.15) is 12.1 Å². The average Bonchev–Trinajstić information content (AvgIpc) is 2.75. The van der Waals surface area contributed by atoms with Crippen molar-refractivity contribution < 1.29 is 33.1 Å². The van der Waals surface area contributed by atoms with E-state index in [4.69, 9.17) is 5.11 Å². The topological polar surface area (TPSA) is 125 Å². The van der Waals surface area contributed by atoms with Gasteiger partial charge in [-0.05, 0) is 11.5 Å². The molecule has 4 unspecified atom stereocenters. The van der Waals surface area contributed by atoms with Crippen molar-refractivity contribution in [2.24, 2.45) is 5.92 Å². The minimum Gasteiger partial charge on any atom is -0.475 e. The number of carboxylic acids is 1. The summed E-state index contributed by atoms with van der Waals surface area (Å²) in [5, 5.41) is 16.8. The lowest BCUT2D eigenvalue weighted by atomic mass is 9.96. The van der Waals surface area contributed by atoms with E-state index in [0.717, 1.165) is 0 Å². The van der Waals surface area contributed by atoms with Gasteiger partial charge < -0.3 is 21.1 Å². The molecule has 4 N–H and O–H groups in total. The molecule has 33 heavy (non-hydrogen) atoms. The van der Waals surface area contributed by atoms with Crippen molar-refractivity contribution in [3.8, 4) is 0 Å². The molecule has 8 nitrogen and oxygen atoms in total. The molecule has 1 aromatic carbocycles. The number of hydrogen-bond donors (Lipinski definition) is 4. The number of Topliss-reactive ketones (excluding diaryl/α,β-unsaturated/α-hetero) is 1. The quantitative estimate of drug-likeness (QED) is 0.309. The normalized spacial score (nSPS) is 14.9. The first-order chi connectivity index (χ1) is 15.5. The third-order valence-electron chi connectivity index (χ3n) is 5.18. The van der Waals surface area contributed by atoms with E-state index in [0.29, 0.717) is 12.0 Å². The monoisotopic (exact) mass is 469 g/mol. The molecular formula is C23H33F2N3O5. The van der Waals surface area contributed by atoms with E-state index in [2.05, 4.69) is 16.0 Å². The third kappa shape index (κ3) is 9.65. The standard InChI is InChI=1S/C23H33F2N3O5/c1-5-14(4)19(26-13(2)3)22(31)28-17(11-15-9-7-6-8-10-15)21(30)27-16(12-18(24)25)20(29)23(32)33/h6-10,13-14,16-19,26H,5,11-12H2,1-4H3,(H,27,30)(H,28,31)(H,32,33). The number of amides is 2. The zero-order valence-corrected chi connectivity index (χ0v) is 19.3. The fourth-order valence-corrected chi connectivity index (χ4v) is 3.24. The lowest BCUT2D eigenvalue weighted by molar-refractivity contribution is -0.151. The molecule has 0 saturated heterocycles. The van der Waals surface area contributed by atoms with Crippen LogP contribution in [0.3, 0.4) is 0 Å². The van der Waals surface area contributed by atoms with Crippen molar-refractivity contribution in [2.45, 2.75) is 77.6 Å². The Hall–Kier alpha value is -2.88. The van der Waals surface area contributed by atoms with Crippen molar-refractivity contribution in [1.29, 1.82) is 0 Å². The van der Waals surface area contributed by atoms with E-state index in [-0.39, 0.29) is 18.4 Å². The van der Waals surface area contributed by atoms with Gasteiger partial charge in [-0.15, -0.1) is 0 Å². The molecule has 1 aromatic rings. The van der Waals surface area contributed by atoms with E-state index in [9.17, 15) is 28.0 Å². The highest BCUT2D eigenvalue weighted by Crippen LogP contribution is 2.12. The number of rotatable bonds is 14. The maximum atomic E-state index is 13.1. The van der Waals surface area contributed by atoms with Crippen LogP contribution in [0.4, 0.5) is 8.78 Å². The number of alkyl halides is 2. The summed E-state index contributed by atoms with van der Waals surface area (Å²) in [5.41, 5.74) is 0.685. The Morgan fingerprint density at radius 3 is 2.00 bits per heavy atom. The van der Waals surface area contributed by atoms with E-state index < -0.39 is 54.5 Å². The Kier molecular flexibility index (Phi) is 11.6. The van der Waals surface area contributed by atoms with Gasteiger partial charge in [-0.3, -0.25) is 14.4 Å². The predicted molar refractivity (Wildman–Crippen MR) is 119 cm³/mol. The first-order valence-electron chi connectivity index (χ1n) is 10.9. The fraction of sp³-hybridized carbons (Fsp3) is 0.565. The maximum Gasteiger partial charge on any atom is 0.374 e. The number of carbonyl (C=O) groups excluding carboxylic acids is 3. The summed E-state index contributed by atoms with van der Waals surface area (Å²) in [5.74, 6) is -4.91. The van der Waals surface area contributed by atoms with E-state index in [1.165, 1.54) is 0 Å². The number of benzene rings is 1. The summed E-state index contributed by atoms with van der Waals surface area (Å²) in [6, 6.07) is 4.95. The minimum absolute atomic E-state index is 0.0141. The van der Waals surface area contributed by atoms with Gasteiger partial charge in [0.05, 0.1) is 6.04 Å². The molecule has 0 bridgehead atoms. The second-order valence-electron chi connectivity index (χ2n) is 8.29. The van der Waals surface area contributed by atoms with Gasteiger partial charge in [-0.25, -0.2) is 13.6 Å². The third-order valence-corrected chi connectivity index (χ3v) is 5.18. The molecule has 1 rings (SSSR count). The van der Waals surface area contributed by atoms with Gasteiger partial charge in [0.15, 0.2) is 0 Å². The number of carbonyl (C=O) groups is 4. The summed E-state index contributed by atoms with van der Waals surface area (Å²) in [6.45, 7) is 7.57. The van der Waals surface area contributed by atoms with Crippen LogP contribution in [0.15, 0.2) is 30.3 Å². The van der Waals surface area contributed by atoms with E-state index >= 15 is 0 Å². The second-order valence-corrected chi connectivity index (χ2v) is 8.29. The zero-order valence-electron chi connectivity index (χ0n) is 19.3. The van der Waals surface area contributed by atoms with Crippen LogP contribution in [0.5, 0.6) is 0 Å². The summed E-state index contributed by atoms with van der Waals surface area (Å²) >= 11 is 0. The van der Waals surface area contributed by atoms with Crippen LogP contribution in [0.1, 0.15) is 46.1 Å². The molecule has 0 spiro atoms. The van der Waals surface area contributed by atoms with Crippen molar-refractivity contribution in [2.75, 3.05) is 0 Å². The van der Waals surface area contributed by atoms with Gasteiger partial charge >= 0.3 is 5.97 Å². The second kappa shape index (κ2) is 13.6. The van der Waals surface area contributed by atoms with Crippen molar-refractivity contribution in [3.05, 3.63) is 35.9 Å². The zero-order chi connectivity index (χ0) is 25.1. The minimum atomic E-state index is -3.01. The smallest absolute Gasteiger partial charge is 0.374 e. The molecule has 0 aromatic heterocycles. The number of carboxylic acid groups (broad SMARTS) is 1. The molecule has 10 heteroatoms. The molecule has 0 aliphatic heterocycles. The van der Waals surface area contributed by atoms with Crippen LogP contribution >= 0.6 is 0 Å². The molecule has 2 amide bonds. The maximum absolute atomic E-state index is 13.1. The Labute approximate surface area is 192 Å². The van der Waals surface area contributed by atoms with E-state index in [1.807, 2.05) is 27.7 Å². The summed E-state index contributed by atoms with van der Waals surface area (Å²) in [6.07, 6.45) is -3.44. The SMILES string of the molecule is CCC(C)C(NC(C)C)C(=O)NC(Cc1ccccc1)C(=O)NC(CC(F)F)C(=O)C(=O)O. The number of halogens is 2. The molecule has 0 fully saturated rings. The lowest BCUT2D eigenvalue weighted by Gasteiger charge is -2.28. The van der Waals surface area contributed by atoms with Gasteiger partial charge in [0, 0.05) is 18.9 Å². The first kappa shape index (κ1) is 28.2. The number of aliphatic carboxylic acids is 1. The summed E-state index contributed by atoms with van der Waals surface area (Å²) < 4.78 is 25.8. The summed E-state index contributed by atoms with van der Waals surface area (Å²) in [7, 11) is 0. The molecule has 184 valence electrons. The highest BCUT2D eigenvalue weighted by atomic mass is 19.3. The van der Waals surface area contributed by atoms with Crippen LogP contribution in [-0.2, 0) is 25.6 Å². The largest absolute Gasteiger partial charge is 0.475 e. The number of ketones is 1. The van der Waals surface area contributed by atoms with Gasteiger partial charge in [0.2, 0.25) is 18.2 Å². The highest BCUT2D eigenvalue weighted by Gasteiger charge is 2.34. The van der Waals surface area contributed by atoms with Gasteiger partial charge in [0.25, 0.3) is 5.78 Å². The van der Waals surface area contributed by atoms with Crippen molar-refractivity contribution in [3.63, 3.8) is 0 Å². The van der Waals surface area contributed by atoms with Gasteiger partial charge in [-0.2, -0.15) is 0 Å². The van der Waals surface area contributed by atoms with E-state index in [1.54, 1.807) is 30.3 Å². The Bertz CT molecular complexity index is 805. The fourth-order valence-electron chi connectivity index (χ4n) is 3.24. The Morgan fingerprint density at radius 1 is 0.939 bits per heavy atom. The van der Waals surface area contributed by atoms with Crippen LogP contribution in [0.25, 0.3) is 0 Å². The van der Waals surface area contributed by atoms with Crippen LogP contribution in [-0.4, -0.2) is 59.3 Å². The van der Waals surface area contributed by atoms with Gasteiger partial charge in [-0.1, -0.05) is 64.4 Å². The van der Waals surface area contributed by atoms with Crippen molar-refractivity contribution in [1.82, 2.24) is 16.0 Å². The molecular weight excluding hydrogens is 436 g/mol.